The molecular weight excluding hydrogens is 308 g/mol. The second kappa shape index (κ2) is 22.9. The zero-order valence-electron chi connectivity index (χ0n) is 5.66. The predicted octanol–water partition coefficient (Wildman–Crippen LogP) is 2.21. The molecule has 62 valence electrons. The largest absolute Gasteiger partial charge is 0.358 e. The molecule has 10 heavy (non-hydrogen) atoms. The van der Waals surface area contributed by atoms with Gasteiger partial charge in [0.05, 0.1) is 0 Å². The summed E-state index contributed by atoms with van der Waals surface area (Å²) in [4.78, 5) is 0. The minimum absolute atomic E-state index is 0. The van der Waals surface area contributed by atoms with Crippen molar-refractivity contribution in [2.75, 3.05) is 0 Å². The summed E-state index contributed by atoms with van der Waals surface area (Å²) < 4.78 is 0. The van der Waals surface area contributed by atoms with Crippen LogP contribution in [0.25, 0.3) is 0 Å². The van der Waals surface area contributed by atoms with Crippen LogP contribution in [0.1, 0.15) is 6.42 Å². The molecule has 0 spiro atoms. The van der Waals surface area contributed by atoms with Crippen molar-refractivity contribution < 1.29 is 40.0 Å². The Morgan fingerprint density at radius 1 is 1.10 bits per heavy atom. The first-order valence-electron chi connectivity index (χ1n) is 1.72. The SMILES string of the molecule is F.F.F.[C-]1=CC=CC1.[CH3-].[Hf]. The summed E-state index contributed by atoms with van der Waals surface area (Å²) in [5.74, 6) is 0. The number of halogens is 3. The van der Waals surface area contributed by atoms with Crippen molar-refractivity contribution in [1.29, 1.82) is 0 Å². The Morgan fingerprint density at radius 3 is 1.70 bits per heavy atom. The number of rotatable bonds is 0. The van der Waals surface area contributed by atoms with Crippen LogP contribution in [0.4, 0.5) is 14.1 Å². The number of hydrogen-bond donors (Lipinski definition) is 0. The first-order valence-corrected chi connectivity index (χ1v) is 1.72. The summed E-state index contributed by atoms with van der Waals surface area (Å²) in [5.41, 5.74) is 0. The van der Waals surface area contributed by atoms with Gasteiger partial charge < -0.3 is 7.43 Å². The van der Waals surface area contributed by atoms with Crippen molar-refractivity contribution in [3.05, 3.63) is 31.7 Å². The molecule has 0 aromatic heterocycles. The van der Waals surface area contributed by atoms with Gasteiger partial charge in [0, 0.05) is 25.8 Å². The van der Waals surface area contributed by atoms with E-state index in [1.165, 1.54) is 0 Å². The molecule has 0 unspecified atom stereocenters. The van der Waals surface area contributed by atoms with E-state index in [9.17, 15) is 0 Å². The normalized spacial score (nSPS) is 8.80. The summed E-state index contributed by atoms with van der Waals surface area (Å²) in [6.45, 7) is 0. The molecule has 1 rings (SSSR count). The van der Waals surface area contributed by atoms with E-state index in [1.54, 1.807) is 0 Å². The average molecular weight is 319 g/mol. The van der Waals surface area contributed by atoms with Crippen LogP contribution in [0.5, 0.6) is 0 Å². The van der Waals surface area contributed by atoms with Gasteiger partial charge >= 0.3 is 0 Å². The van der Waals surface area contributed by atoms with E-state index in [0.717, 1.165) is 6.42 Å². The van der Waals surface area contributed by atoms with E-state index in [-0.39, 0.29) is 47.4 Å². The summed E-state index contributed by atoms with van der Waals surface area (Å²) >= 11 is 0. The maximum absolute atomic E-state index is 2.99. The van der Waals surface area contributed by atoms with Gasteiger partial charge in [-0.15, -0.1) is 6.42 Å². The molecule has 0 nitrogen and oxygen atoms in total. The van der Waals surface area contributed by atoms with Gasteiger partial charge in [0.2, 0.25) is 0 Å². The zero-order chi connectivity index (χ0) is 3.54. The molecule has 1 aliphatic carbocycles. The zero-order valence-corrected chi connectivity index (χ0v) is 9.26. The van der Waals surface area contributed by atoms with Crippen molar-refractivity contribution in [3.8, 4) is 0 Å². The summed E-state index contributed by atoms with van der Waals surface area (Å²) in [6.07, 6.45) is 10.0. The minimum atomic E-state index is 0. The molecule has 0 aliphatic heterocycles. The van der Waals surface area contributed by atoms with Crippen LogP contribution in [0.3, 0.4) is 0 Å². The van der Waals surface area contributed by atoms with Crippen molar-refractivity contribution >= 4 is 0 Å². The Bertz CT molecular complexity index is 71.1. The molecule has 0 bridgehead atoms. The fourth-order valence-electron chi connectivity index (χ4n) is 0.340. The van der Waals surface area contributed by atoms with Crippen LogP contribution in [-0.4, -0.2) is 0 Å². The molecule has 0 amide bonds. The minimum Gasteiger partial charge on any atom is -0.358 e. The Morgan fingerprint density at radius 2 is 1.60 bits per heavy atom. The van der Waals surface area contributed by atoms with Crippen molar-refractivity contribution in [2.24, 2.45) is 0 Å². The van der Waals surface area contributed by atoms with E-state index >= 15 is 0 Å². The quantitative estimate of drug-likeness (QED) is 0.474. The van der Waals surface area contributed by atoms with E-state index < -0.39 is 0 Å². The van der Waals surface area contributed by atoms with Gasteiger partial charge in [0.15, 0.2) is 0 Å². The second-order valence-corrected chi connectivity index (χ2v) is 1.00. The molecule has 0 fully saturated rings. The standard InChI is InChI=1S/C5H5.CH3.3FH.Hf/c1-2-4-5-3-1;;;;;/h1-3H,4H2;1H3;3*1H;/q2*-1;;;;. The van der Waals surface area contributed by atoms with E-state index in [2.05, 4.69) is 12.2 Å². The fourth-order valence-corrected chi connectivity index (χ4v) is 0.340. The second-order valence-electron chi connectivity index (χ2n) is 1.00. The van der Waals surface area contributed by atoms with Gasteiger partial charge in [-0.2, -0.15) is 6.08 Å². The van der Waals surface area contributed by atoms with E-state index in [0.29, 0.717) is 0 Å². The van der Waals surface area contributed by atoms with Crippen molar-refractivity contribution in [3.63, 3.8) is 0 Å². The van der Waals surface area contributed by atoms with Crippen molar-refractivity contribution in [2.45, 2.75) is 6.42 Å². The number of hydrogen-bond acceptors (Lipinski definition) is 0. The predicted molar refractivity (Wildman–Crippen MR) is 35.5 cm³/mol. The van der Waals surface area contributed by atoms with Gasteiger partial charge in [-0.3, -0.25) is 20.2 Å². The molecule has 1 aliphatic rings. The first kappa shape index (κ1) is 32.1. The van der Waals surface area contributed by atoms with Gasteiger partial charge in [-0.05, 0) is 0 Å². The van der Waals surface area contributed by atoms with Crippen LogP contribution < -0.4 is 0 Å². The molecular formula is C6H11F3Hf-2. The fraction of sp³-hybridized carbons (Fsp3) is 0.167. The van der Waals surface area contributed by atoms with Crippen LogP contribution >= 0.6 is 0 Å². The van der Waals surface area contributed by atoms with Gasteiger partial charge in [0.25, 0.3) is 0 Å². The third-order valence-electron chi connectivity index (χ3n) is 0.586. The van der Waals surface area contributed by atoms with Crippen LogP contribution in [-0.2, 0) is 25.8 Å². The van der Waals surface area contributed by atoms with Gasteiger partial charge in [0.1, 0.15) is 0 Å². The summed E-state index contributed by atoms with van der Waals surface area (Å²) in [7, 11) is 0. The molecule has 0 aromatic rings. The maximum Gasteiger partial charge on any atom is 0 e. The van der Waals surface area contributed by atoms with Crippen molar-refractivity contribution in [1.82, 2.24) is 0 Å². The van der Waals surface area contributed by atoms with E-state index in [1.807, 2.05) is 12.2 Å². The monoisotopic (exact) mass is 320 g/mol. The van der Waals surface area contributed by atoms with Crippen LogP contribution in [0.2, 0.25) is 0 Å². The Kier molecular flexibility index (Phi) is 73.5. The molecule has 0 saturated heterocycles. The maximum atomic E-state index is 2.99. The van der Waals surface area contributed by atoms with Gasteiger partial charge in [-0.25, -0.2) is 12.2 Å². The molecule has 0 radical (unpaired) electrons. The molecule has 0 atom stereocenters. The Labute approximate surface area is 78.3 Å². The third-order valence-corrected chi connectivity index (χ3v) is 0.586. The Hall–Kier alpha value is 0.140. The van der Waals surface area contributed by atoms with Crippen LogP contribution in [0, 0.1) is 13.5 Å². The van der Waals surface area contributed by atoms with Gasteiger partial charge in [-0.1, -0.05) is 0 Å². The average Bonchev–Trinajstić information content (AvgIpc) is 1.76. The van der Waals surface area contributed by atoms with E-state index in [4.69, 9.17) is 0 Å². The molecule has 0 N–H and O–H groups in total. The topological polar surface area (TPSA) is 0 Å². The molecule has 4 heteroatoms. The third kappa shape index (κ3) is 15.7. The Balaban J connectivity index is -0.0000000167. The first-order chi connectivity index (χ1) is 2.50. The summed E-state index contributed by atoms with van der Waals surface area (Å²) in [5, 5.41) is 0. The smallest absolute Gasteiger partial charge is 0 e. The molecule has 0 aromatic carbocycles. The molecule has 0 heterocycles. The summed E-state index contributed by atoms with van der Waals surface area (Å²) in [6, 6.07) is 0. The number of allylic oxidation sites excluding steroid dienone is 4. The van der Waals surface area contributed by atoms with Crippen LogP contribution in [0.15, 0.2) is 18.2 Å². The molecule has 0 saturated carbocycles.